The SMILES string of the molecule is COc1cc(-c2nc(CN)no2)ccc1F. The van der Waals surface area contributed by atoms with E-state index in [4.69, 9.17) is 15.0 Å². The van der Waals surface area contributed by atoms with E-state index in [1.165, 1.54) is 25.3 Å². The number of nitrogens with two attached hydrogens (primary N) is 1. The molecule has 6 heteroatoms. The second-order valence-electron chi connectivity index (χ2n) is 3.07. The Morgan fingerprint density at radius 1 is 1.50 bits per heavy atom. The van der Waals surface area contributed by atoms with Gasteiger partial charge >= 0.3 is 0 Å². The maximum absolute atomic E-state index is 13.1. The predicted molar refractivity (Wildman–Crippen MR) is 54.1 cm³/mol. The van der Waals surface area contributed by atoms with Gasteiger partial charge in [-0.2, -0.15) is 4.98 Å². The first-order valence-corrected chi connectivity index (χ1v) is 4.61. The van der Waals surface area contributed by atoms with Gasteiger partial charge in [0.2, 0.25) is 0 Å². The van der Waals surface area contributed by atoms with Crippen LogP contribution in [-0.4, -0.2) is 17.3 Å². The number of methoxy groups -OCH3 is 1. The maximum Gasteiger partial charge on any atom is 0.258 e. The van der Waals surface area contributed by atoms with Crippen LogP contribution in [0.3, 0.4) is 0 Å². The van der Waals surface area contributed by atoms with Crippen LogP contribution in [0.25, 0.3) is 11.5 Å². The van der Waals surface area contributed by atoms with Crippen LogP contribution in [0.1, 0.15) is 5.82 Å². The molecule has 16 heavy (non-hydrogen) atoms. The van der Waals surface area contributed by atoms with Crippen LogP contribution in [0.15, 0.2) is 22.7 Å². The van der Waals surface area contributed by atoms with Crippen molar-refractivity contribution >= 4 is 0 Å². The van der Waals surface area contributed by atoms with E-state index in [-0.39, 0.29) is 12.3 Å². The molecule has 2 aromatic rings. The van der Waals surface area contributed by atoms with Gasteiger partial charge in [0, 0.05) is 5.56 Å². The number of aromatic nitrogens is 2. The zero-order chi connectivity index (χ0) is 11.5. The van der Waals surface area contributed by atoms with Crippen LogP contribution < -0.4 is 10.5 Å². The number of halogens is 1. The molecule has 1 aromatic heterocycles. The van der Waals surface area contributed by atoms with Crippen LogP contribution >= 0.6 is 0 Å². The van der Waals surface area contributed by atoms with Crippen molar-refractivity contribution in [3.05, 3.63) is 29.8 Å². The van der Waals surface area contributed by atoms with E-state index in [0.717, 1.165) is 0 Å². The number of ether oxygens (including phenoxy) is 1. The minimum absolute atomic E-state index is 0.130. The number of nitrogens with zero attached hydrogens (tertiary/aromatic N) is 2. The monoisotopic (exact) mass is 223 g/mol. The van der Waals surface area contributed by atoms with E-state index in [0.29, 0.717) is 17.3 Å². The molecular formula is C10H10FN3O2. The van der Waals surface area contributed by atoms with Crippen molar-refractivity contribution in [2.24, 2.45) is 5.73 Å². The number of hydrogen-bond acceptors (Lipinski definition) is 5. The molecule has 5 nitrogen and oxygen atoms in total. The first-order valence-electron chi connectivity index (χ1n) is 4.61. The van der Waals surface area contributed by atoms with Gasteiger partial charge in [0.1, 0.15) is 0 Å². The fraction of sp³-hybridized carbons (Fsp3) is 0.200. The summed E-state index contributed by atoms with van der Waals surface area (Å²) >= 11 is 0. The lowest BCUT2D eigenvalue weighted by Crippen LogP contribution is -1.97. The number of benzene rings is 1. The molecule has 2 N–H and O–H groups in total. The molecule has 1 heterocycles. The molecule has 2 rings (SSSR count). The Bertz CT molecular complexity index is 499. The molecule has 0 fully saturated rings. The average molecular weight is 223 g/mol. The lowest BCUT2D eigenvalue weighted by Gasteiger charge is -2.02. The van der Waals surface area contributed by atoms with Gasteiger partial charge in [-0.3, -0.25) is 0 Å². The molecule has 0 atom stereocenters. The molecule has 0 amide bonds. The highest BCUT2D eigenvalue weighted by Gasteiger charge is 2.10. The van der Waals surface area contributed by atoms with E-state index in [1.807, 2.05) is 0 Å². The molecule has 84 valence electrons. The molecule has 0 aliphatic rings. The van der Waals surface area contributed by atoms with E-state index in [2.05, 4.69) is 10.1 Å². The Kier molecular flexibility index (Phi) is 2.82. The van der Waals surface area contributed by atoms with E-state index < -0.39 is 5.82 Å². The molecule has 0 saturated carbocycles. The third-order valence-corrected chi connectivity index (χ3v) is 2.05. The highest BCUT2D eigenvalue weighted by molar-refractivity contribution is 5.55. The largest absolute Gasteiger partial charge is 0.494 e. The van der Waals surface area contributed by atoms with E-state index in [9.17, 15) is 4.39 Å². The molecule has 0 spiro atoms. The second-order valence-corrected chi connectivity index (χ2v) is 3.07. The third kappa shape index (κ3) is 1.87. The summed E-state index contributed by atoms with van der Waals surface area (Å²) in [4.78, 5) is 4.02. The molecule has 0 bridgehead atoms. The van der Waals surface area contributed by atoms with Crippen molar-refractivity contribution in [2.75, 3.05) is 7.11 Å². The quantitative estimate of drug-likeness (QED) is 0.849. The Balaban J connectivity index is 2.40. The van der Waals surface area contributed by atoms with Crippen LogP contribution in [0.4, 0.5) is 4.39 Å². The van der Waals surface area contributed by atoms with E-state index >= 15 is 0 Å². The Morgan fingerprint density at radius 3 is 2.94 bits per heavy atom. The molecular weight excluding hydrogens is 213 g/mol. The Morgan fingerprint density at radius 2 is 2.31 bits per heavy atom. The minimum atomic E-state index is -0.440. The summed E-state index contributed by atoms with van der Waals surface area (Å²) in [6.45, 7) is 0.196. The van der Waals surface area contributed by atoms with Crippen LogP contribution in [0, 0.1) is 5.82 Å². The van der Waals surface area contributed by atoms with Crippen molar-refractivity contribution in [3.8, 4) is 17.2 Å². The first kappa shape index (κ1) is 10.6. The zero-order valence-corrected chi connectivity index (χ0v) is 8.61. The summed E-state index contributed by atoms with van der Waals surface area (Å²) in [5.41, 5.74) is 5.94. The number of hydrogen-bond donors (Lipinski definition) is 1. The zero-order valence-electron chi connectivity index (χ0n) is 8.61. The third-order valence-electron chi connectivity index (χ3n) is 2.05. The van der Waals surface area contributed by atoms with Gasteiger partial charge in [-0.25, -0.2) is 4.39 Å². The minimum Gasteiger partial charge on any atom is -0.494 e. The molecule has 0 radical (unpaired) electrons. The van der Waals surface area contributed by atoms with Crippen LogP contribution in [0.5, 0.6) is 5.75 Å². The topological polar surface area (TPSA) is 74.2 Å². The van der Waals surface area contributed by atoms with Gasteiger partial charge in [0.05, 0.1) is 13.7 Å². The maximum atomic E-state index is 13.1. The van der Waals surface area contributed by atoms with Crippen molar-refractivity contribution in [3.63, 3.8) is 0 Å². The predicted octanol–water partition coefficient (Wildman–Crippen LogP) is 1.34. The Labute approximate surface area is 91.0 Å². The lowest BCUT2D eigenvalue weighted by atomic mass is 10.2. The average Bonchev–Trinajstić information content (AvgIpc) is 2.78. The summed E-state index contributed by atoms with van der Waals surface area (Å²) in [6.07, 6.45) is 0. The normalized spacial score (nSPS) is 10.4. The van der Waals surface area contributed by atoms with Crippen LogP contribution in [-0.2, 0) is 6.54 Å². The molecule has 1 aromatic carbocycles. The highest BCUT2D eigenvalue weighted by Crippen LogP contribution is 2.24. The van der Waals surface area contributed by atoms with Gasteiger partial charge in [0.25, 0.3) is 5.89 Å². The molecule has 0 unspecified atom stereocenters. The molecule has 0 saturated heterocycles. The van der Waals surface area contributed by atoms with Gasteiger partial charge in [0.15, 0.2) is 17.4 Å². The summed E-state index contributed by atoms with van der Waals surface area (Å²) in [7, 11) is 1.39. The standard InChI is InChI=1S/C10H10FN3O2/c1-15-8-4-6(2-3-7(8)11)10-13-9(5-12)14-16-10/h2-4H,5,12H2,1H3. The van der Waals surface area contributed by atoms with Gasteiger partial charge < -0.3 is 15.0 Å². The van der Waals surface area contributed by atoms with Crippen molar-refractivity contribution in [1.82, 2.24) is 10.1 Å². The number of rotatable bonds is 3. The van der Waals surface area contributed by atoms with Crippen LogP contribution in [0.2, 0.25) is 0 Å². The fourth-order valence-corrected chi connectivity index (χ4v) is 1.25. The summed E-state index contributed by atoms with van der Waals surface area (Å²) < 4.78 is 23.0. The second kappa shape index (κ2) is 4.28. The summed E-state index contributed by atoms with van der Waals surface area (Å²) in [5, 5.41) is 3.64. The fourth-order valence-electron chi connectivity index (χ4n) is 1.25. The Hall–Kier alpha value is -1.95. The highest BCUT2D eigenvalue weighted by atomic mass is 19.1. The molecule has 0 aliphatic carbocycles. The van der Waals surface area contributed by atoms with Crippen molar-refractivity contribution in [2.45, 2.75) is 6.54 Å². The first-order chi connectivity index (χ1) is 7.74. The summed E-state index contributed by atoms with van der Waals surface area (Å²) in [5.74, 6) is 0.381. The smallest absolute Gasteiger partial charge is 0.258 e. The lowest BCUT2D eigenvalue weighted by molar-refractivity contribution is 0.386. The van der Waals surface area contributed by atoms with Gasteiger partial charge in [-0.05, 0) is 18.2 Å². The van der Waals surface area contributed by atoms with Gasteiger partial charge in [-0.15, -0.1) is 0 Å². The summed E-state index contributed by atoms with van der Waals surface area (Å²) in [6, 6.07) is 4.30. The van der Waals surface area contributed by atoms with E-state index in [1.54, 1.807) is 0 Å². The van der Waals surface area contributed by atoms with Gasteiger partial charge in [-0.1, -0.05) is 5.16 Å². The van der Waals surface area contributed by atoms with Crippen molar-refractivity contribution < 1.29 is 13.7 Å². The molecule has 0 aliphatic heterocycles. The van der Waals surface area contributed by atoms with Crippen molar-refractivity contribution in [1.29, 1.82) is 0 Å².